The Morgan fingerprint density at radius 3 is 2.93 bits per heavy atom. The highest BCUT2D eigenvalue weighted by Gasteiger charge is 2.56. The first-order valence-corrected chi connectivity index (χ1v) is 10.5. The number of hydrogen-bond donors (Lipinski definition) is 0. The second-order valence-electron chi connectivity index (χ2n) is 7.42. The number of nitrogens with zero attached hydrogens (tertiary/aromatic N) is 1. The average molecular weight is 391 g/mol. The molecule has 0 spiro atoms. The summed E-state index contributed by atoms with van der Waals surface area (Å²) < 4.78 is 16.2. The van der Waals surface area contributed by atoms with E-state index in [0.29, 0.717) is 38.5 Å². The first-order valence-electron chi connectivity index (χ1n) is 9.51. The molecule has 1 aromatic rings. The summed E-state index contributed by atoms with van der Waals surface area (Å²) in [6.07, 6.45) is 3.34. The van der Waals surface area contributed by atoms with Crippen molar-refractivity contribution in [2.24, 2.45) is 11.3 Å². The van der Waals surface area contributed by atoms with Crippen LogP contribution in [0, 0.1) is 11.3 Å². The van der Waals surface area contributed by atoms with Crippen LogP contribution in [0.2, 0.25) is 0 Å². The van der Waals surface area contributed by atoms with Gasteiger partial charge in [-0.3, -0.25) is 9.59 Å². The van der Waals surface area contributed by atoms with Crippen molar-refractivity contribution in [2.45, 2.75) is 30.6 Å². The summed E-state index contributed by atoms with van der Waals surface area (Å²) in [5, 5.41) is 0. The molecule has 0 unspecified atom stereocenters. The van der Waals surface area contributed by atoms with Gasteiger partial charge in [0.25, 0.3) is 0 Å². The molecule has 27 heavy (non-hydrogen) atoms. The maximum absolute atomic E-state index is 12.7. The van der Waals surface area contributed by atoms with Gasteiger partial charge in [-0.1, -0.05) is 6.42 Å². The van der Waals surface area contributed by atoms with Gasteiger partial charge < -0.3 is 19.1 Å². The quantitative estimate of drug-likeness (QED) is 0.568. The van der Waals surface area contributed by atoms with Gasteiger partial charge in [-0.05, 0) is 37.0 Å². The molecule has 2 atom stereocenters. The van der Waals surface area contributed by atoms with Crippen molar-refractivity contribution in [2.75, 3.05) is 39.2 Å². The Bertz CT molecular complexity index is 739. The summed E-state index contributed by atoms with van der Waals surface area (Å²) in [6, 6.07) is 5.88. The fourth-order valence-electron chi connectivity index (χ4n) is 4.54. The van der Waals surface area contributed by atoms with Gasteiger partial charge >= 0.3 is 5.97 Å². The summed E-state index contributed by atoms with van der Waals surface area (Å²) >= 11 is 1.64. The van der Waals surface area contributed by atoms with Crippen LogP contribution in [0.3, 0.4) is 0 Å². The van der Waals surface area contributed by atoms with Crippen molar-refractivity contribution in [3.05, 3.63) is 18.2 Å². The van der Waals surface area contributed by atoms with E-state index in [4.69, 9.17) is 14.2 Å². The van der Waals surface area contributed by atoms with Crippen molar-refractivity contribution >= 4 is 23.6 Å². The lowest BCUT2D eigenvalue weighted by atomic mass is 9.81. The van der Waals surface area contributed by atoms with Gasteiger partial charge in [0, 0.05) is 30.2 Å². The number of likely N-dealkylation sites (tertiary alicyclic amines) is 1. The van der Waals surface area contributed by atoms with E-state index in [9.17, 15) is 9.59 Å². The highest BCUT2D eigenvalue weighted by atomic mass is 32.2. The molecule has 6 nitrogen and oxygen atoms in total. The van der Waals surface area contributed by atoms with Crippen LogP contribution >= 0.6 is 11.8 Å². The zero-order valence-corrected chi connectivity index (χ0v) is 16.4. The first-order chi connectivity index (χ1) is 13.1. The molecule has 4 rings (SSSR count). The molecule has 0 radical (unpaired) electrons. The van der Waals surface area contributed by atoms with Crippen LogP contribution in [0.5, 0.6) is 11.5 Å². The first kappa shape index (κ1) is 18.5. The lowest BCUT2D eigenvalue weighted by molar-refractivity contribution is -0.153. The molecule has 1 aliphatic carbocycles. The zero-order valence-electron chi connectivity index (χ0n) is 15.6. The molecule has 2 aliphatic heterocycles. The van der Waals surface area contributed by atoms with Gasteiger partial charge in [0.1, 0.15) is 13.2 Å². The van der Waals surface area contributed by atoms with Gasteiger partial charge in [-0.25, -0.2) is 0 Å². The van der Waals surface area contributed by atoms with Gasteiger partial charge in [0.05, 0.1) is 12.5 Å². The normalized spacial score (nSPS) is 26.0. The third kappa shape index (κ3) is 3.49. The SMILES string of the molecule is COC(=O)[C@]12CCC[C@@H]1CN(C(=O)CCSc1ccc3c(c1)OCCO3)C2. The lowest BCUT2D eigenvalue weighted by Crippen LogP contribution is -2.38. The van der Waals surface area contributed by atoms with Crippen molar-refractivity contribution in [1.82, 2.24) is 4.90 Å². The number of rotatable bonds is 5. The number of thioether (sulfide) groups is 1. The molecule has 146 valence electrons. The number of methoxy groups -OCH3 is 1. The molecule has 1 saturated carbocycles. The lowest BCUT2D eigenvalue weighted by Gasteiger charge is -2.25. The molecule has 3 aliphatic rings. The molecule has 1 amide bonds. The molecule has 7 heteroatoms. The van der Waals surface area contributed by atoms with Gasteiger partial charge in [0.15, 0.2) is 11.5 Å². The van der Waals surface area contributed by atoms with Crippen LogP contribution in [0.25, 0.3) is 0 Å². The van der Waals surface area contributed by atoms with Crippen LogP contribution in [-0.2, 0) is 14.3 Å². The number of carbonyl (C=O) groups is 2. The standard InChI is InChI=1S/C20H25NO5S/c1-24-19(23)20-7-2-3-14(20)12-21(13-20)18(22)6-10-27-15-4-5-16-17(11-15)26-9-8-25-16/h4-5,11,14H,2-3,6-10,12-13H2,1H3/t14-,20+/m1/s1. The summed E-state index contributed by atoms with van der Waals surface area (Å²) in [7, 11) is 1.45. The minimum atomic E-state index is -0.465. The number of esters is 1. The fourth-order valence-corrected chi connectivity index (χ4v) is 5.41. The number of fused-ring (bicyclic) bond motifs is 2. The van der Waals surface area contributed by atoms with Crippen LogP contribution < -0.4 is 9.47 Å². The topological polar surface area (TPSA) is 65.1 Å². The molecular weight excluding hydrogens is 366 g/mol. The molecule has 1 aromatic carbocycles. The van der Waals surface area contributed by atoms with Crippen molar-refractivity contribution in [3.8, 4) is 11.5 Å². The zero-order chi connectivity index (χ0) is 18.9. The minimum Gasteiger partial charge on any atom is -0.486 e. The Morgan fingerprint density at radius 1 is 1.30 bits per heavy atom. The van der Waals surface area contributed by atoms with E-state index in [1.807, 2.05) is 23.1 Å². The van der Waals surface area contributed by atoms with E-state index in [1.165, 1.54) is 7.11 Å². The Labute approximate surface area is 163 Å². The maximum Gasteiger partial charge on any atom is 0.313 e. The van der Waals surface area contributed by atoms with Crippen LogP contribution in [0.4, 0.5) is 0 Å². The minimum absolute atomic E-state index is 0.123. The summed E-state index contributed by atoms with van der Waals surface area (Å²) in [4.78, 5) is 27.9. The number of hydrogen-bond acceptors (Lipinski definition) is 6. The summed E-state index contributed by atoms with van der Waals surface area (Å²) in [6.45, 7) is 2.34. The Morgan fingerprint density at radius 2 is 2.11 bits per heavy atom. The third-order valence-electron chi connectivity index (χ3n) is 5.91. The second-order valence-corrected chi connectivity index (χ2v) is 8.58. The van der Waals surface area contributed by atoms with Crippen molar-refractivity contribution < 1.29 is 23.8 Å². The van der Waals surface area contributed by atoms with E-state index < -0.39 is 5.41 Å². The average Bonchev–Trinajstić information content (AvgIpc) is 3.25. The number of carbonyl (C=O) groups excluding carboxylic acids is 2. The fraction of sp³-hybridized carbons (Fsp3) is 0.600. The number of benzene rings is 1. The molecular formula is C20H25NO5S. The van der Waals surface area contributed by atoms with E-state index in [1.54, 1.807) is 11.8 Å². The van der Waals surface area contributed by atoms with Crippen molar-refractivity contribution in [1.29, 1.82) is 0 Å². The Hall–Kier alpha value is -1.89. The molecule has 0 N–H and O–H groups in total. The van der Waals surface area contributed by atoms with Gasteiger partial charge in [-0.15, -0.1) is 11.8 Å². The predicted molar refractivity (Wildman–Crippen MR) is 101 cm³/mol. The Balaban J connectivity index is 1.31. The molecule has 2 fully saturated rings. The Kier molecular flexibility index (Phi) is 5.21. The van der Waals surface area contributed by atoms with E-state index in [-0.39, 0.29) is 17.8 Å². The molecule has 0 bridgehead atoms. The monoisotopic (exact) mass is 391 g/mol. The molecule has 2 heterocycles. The van der Waals surface area contributed by atoms with Crippen molar-refractivity contribution in [3.63, 3.8) is 0 Å². The highest BCUT2D eigenvalue weighted by molar-refractivity contribution is 7.99. The second kappa shape index (κ2) is 7.62. The van der Waals surface area contributed by atoms with Crippen LogP contribution in [-0.4, -0.2) is 55.9 Å². The summed E-state index contributed by atoms with van der Waals surface area (Å²) in [5.74, 6) is 2.47. The van der Waals surface area contributed by atoms with Gasteiger partial charge in [-0.2, -0.15) is 0 Å². The smallest absolute Gasteiger partial charge is 0.313 e. The highest BCUT2D eigenvalue weighted by Crippen LogP contribution is 2.49. The van der Waals surface area contributed by atoms with Crippen LogP contribution in [0.15, 0.2) is 23.1 Å². The largest absolute Gasteiger partial charge is 0.486 e. The predicted octanol–water partition coefficient (Wildman–Crippen LogP) is 2.74. The summed E-state index contributed by atoms with van der Waals surface area (Å²) in [5.41, 5.74) is -0.465. The molecule has 1 saturated heterocycles. The van der Waals surface area contributed by atoms with E-state index >= 15 is 0 Å². The molecule has 0 aromatic heterocycles. The van der Waals surface area contributed by atoms with E-state index in [0.717, 1.165) is 35.7 Å². The number of ether oxygens (including phenoxy) is 3. The maximum atomic E-state index is 12.7. The van der Waals surface area contributed by atoms with Gasteiger partial charge in [0.2, 0.25) is 5.91 Å². The van der Waals surface area contributed by atoms with E-state index in [2.05, 4.69) is 0 Å². The van der Waals surface area contributed by atoms with Crippen LogP contribution in [0.1, 0.15) is 25.7 Å². The number of amides is 1. The third-order valence-corrected chi connectivity index (χ3v) is 6.91.